The van der Waals surface area contributed by atoms with Crippen LogP contribution in [0.4, 0.5) is 0 Å². The Morgan fingerprint density at radius 2 is 1.63 bits per heavy atom. The highest BCUT2D eigenvalue weighted by molar-refractivity contribution is 7.89. The number of hydrogen-bond donors (Lipinski definition) is 1. The average Bonchev–Trinajstić information content (AvgIpc) is 2.60. The molecule has 27 heavy (non-hydrogen) atoms. The number of carbonyl (C=O) groups excluding carboxylic acids is 1. The van der Waals surface area contributed by atoms with Crippen LogP contribution in [0.2, 0.25) is 0 Å². The van der Waals surface area contributed by atoms with Crippen molar-refractivity contribution >= 4 is 15.9 Å². The fraction of sp³-hybridized carbons (Fsp3) is 0.381. The van der Waals surface area contributed by atoms with E-state index >= 15 is 0 Å². The molecule has 2 rings (SSSR count). The van der Waals surface area contributed by atoms with Crippen LogP contribution in [-0.4, -0.2) is 32.2 Å². The van der Waals surface area contributed by atoms with Crippen LogP contribution in [0.1, 0.15) is 41.6 Å². The maximum atomic E-state index is 12.6. The molecule has 0 aromatic heterocycles. The number of sulfonamides is 1. The van der Waals surface area contributed by atoms with Gasteiger partial charge in [0.1, 0.15) is 0 Å². The van der Waals surface area contributed by atoms with E-state index < -0.39 is 10.0 Å². The van der Waals surface area contributed by atoms with Crippen LogP contribution in [0, 0.1) is 20.8 Å². The van der Waals surface area contributed by atoms with E-state index in [2.05, 4.69) is 11.4 Å². The molecule has 146 valence electrons. The maximum Gasteiger partial charge on any atom is 0.243 e. The summed E-state index contributed by atoms with van der Waals surface area (Å²) >= 11 is 0. The fourth-order valence-electron chi connectivity index (χ4n) is 3.03. The molecule has 0 unspecified atom stereocenters. The number of rotatable bonds is 7. The number of nitrogens with one attached hydrogen (secondary N) is 1. The second-order valence-electron chi connectivity index (χ2n) is 6.96. The summed E-state index contributed by atoms with van der Waals surface area (Å²) in [5, 5.41) is 2.96. The molecule has 1 atom stereocenters. The zero-order valence-corrected chi connectivity index (χ0v) is 17.4. The first-order chi connectivity index (χ1) is 12.6. The van der Waals surface area contributed by atoms with Gasteiger partial charge in [-0.1, -0.05) is 48.4 Å². The van der Waals surface area contributed by atoms with Crippen LogP contribution < -0.4 is 5.32 Å². The van der Waals surface area contributed by atoms with Gasteiger partial charge in [0.25, 0.3) is 0 Å². The van der Waals surface area contributed by atoms with Crippen LogP contribution in [-0.2, 0) is 14.8 Å². The molecule has 6 heteroatoms. The lowest BCUT2D eigenvalue weighted by Crippen LogP contribution is -2.39. The fourth-order valence-corrected chi connectivity index (χ4v) is 4.16. The van der Waals surface area contributed by atoms with Crippen molar-refractivity contribution in [3.05, 3.63) is 64.7 Å². The standard InChI is InChI=1S/C21H28N2O3S/c1-6-20(19-12-9-16(3)13-17(19)4)22-21(24)14-23(5)27(25,26)18-10-7-15(2)8-11-18/h7-13,20H,6,14H2,1-5H3,(H,22,24)/t20-/m0/s1. The van der Waals surface area contributed by atoms with Crippen LogP contribution in [0.25, 0.3) is 0 Å². The molecule has 0 spiro atoms. The molecule has 0 heterocycles. The Bertz CT molecular complexity index is 906. The van der Waals surface area contributed by atoms with E-state index in [1.807, 2.05) is 39.8 Å². The van der Waals surface area contributed by atoms with Crippen molar-refractivity contribution < 1.29 is 13.2 Å². The number of amides is 1. The van der Waals surface area contributed by atoms with Gasteiger partial charge in [0, 0.05) is 7.05 Å². The van der Waals surface area contributed by atoms with Gasteiger partial charge in [0.05, 0.1) is 17.5 Å². The molecule has 0 radical (unpaired) electrons. The van der Waals surface area contributed by atoms with Crippen molar-refractivity contribution in [1.82, 2.24) is 9.62 Å². The molecular weight excluding hydrogens is 360 g/mol. The lowest BCUT2D eigenvalue weighted by molar-refractivity contribution is -0.121. The molecular formula is C21H28N2O3S. The Labute approximate surface area is 162 Å². The second-order valence-corrected chi connectivity index (χ2v) is 9.01. The Balaban J connectivity index is 2.10. The van der Waals surface area contributed by atoms with E-state index in [0.29, 0.717) is 0 Å². The Morgan fingerprint density at radius 1 is 1.04 bits per heavy atom. The van der Waals surface area contributed by atoms with Crippen LogP contribution in [0.15, 0.2) is 47.4 Å². The third-order valence-corrected chi connectivity index (χ3v) is 6.46. The molecule has 2 aromatic carbocycles. The van der Waals surface area contributed by atoms with Gasteiger partial charge in [-0.2, -0.15) is 4.31 Å². The van der Waals surface area contributed by atoms with Gasteiger partial charge in [-0.15, -0.1) is 0 Å². The van der Waals surface area contributed by atoms with Crippen molar-refractivity contribution in [2.75, 3.05) is 13.6 Å². The highest BCUT2D eigenvalue weighted by atomic mass is 32.2. The van der Waals surface area contributed by atoms with Crippen LogP contribution in [0.5, 0.6) is 0 Å². The molecule has 0 aliphatic rings. The average molecular weight is 389 g/mol. The van der Waals surface area contributed by atoms with Gasteiger partial charge in [0.2, 0.25) is 15.9 Å². The van der Waals surface area contributed by atoms with E-state index in [1.54, 1.807) is 24.3 Å². The minimum atomic E-state index is -3.70. The molecule has 1 amide bonds. The van der Waals surface area contributed by atoms with E-state index in [-0.39, 0.29) is 23.4 Å². The predicted molar refractivity (Wildman–Crippen MR) is 108 cm³/mol. The summed E-state index contributed by atoms with van der Waals surface area (Å²) in [6.45, 7) is 7.71. The monoisotopic (exact) mass is 388 g/mol. The van der Waals surface area contributed by atoms with Crippen molar-refractivity contribution in [3.63, 3.8) is 0 Å². The van der Waals surface area contributed by atoms with Crippen LogP contribution in [0.3, 0.4) is 0 Å². The zero-order valence-electron chi connectivity index (χ0n) is 16.6. The van der Waals surface area contributed by atoms with Gasteiger partial charge in [-0.05, 0) is 50.5 Å². The summed E-state index contributed by atoms with van der Waals surface area (Å²) < 4.78 is 26.4. The van der Waals surface area contributed by atoms with Gasteiger partial charge < -0.3 is 5.32 Å². The summed E-state index contributed by atoms with van der Waals surface area (Å²) in [6.07, 6.45) is 0.726. The van der Waals surface area contributed by atoms with Crippen molar-refractivity contribution in [2.45, 2.75) is 45.1 Å². The minimum absolute atomic E-state index is 0.145. The third kappa shape index (κ3) is 5.17. The molecule has 0 saturated heterocycles. The number of nitrogens with zero attached hydrogens (tertiary/aromatic N) is 1. The smallest absolute Gasteiger partial charge is 0.243 e. The Morgan fingerprint density at radius 3 is 2.19 bits per heavy atom. The molecule has 0 fully saturated rings. The largest absolute Gasteiger partial charge is 0.348 e. The first-order valence-corrected chi connectivity index (χ1v) is 10.5. The predicted octanol–water partition coefficient (Wildman–Crippen LogP) is 3.50. The Kier molecular flexibility index (Phi) is 6.78. The minimum Gasteiger partial charge on any atom is -0.348 e. The normalized spacial score (nSPS) is 12.8. The van der Waals surface area contributed by atoms with E-state index in [4.69, 9.17) is 0 Å². The van der Waals surface area contributed by atoms with E-state index in [9.17, 15) is 13.2 Å². The van der Waals surface area contributed by atoms with Crippen molar-refractivity contribution in [3.8, 4) is 0 Å². The summed E-state index contributed by atoms with van der Waals surface area (Å²) in [5.74, 6) is -0.319. The maximum absolute atomic E-state index is 12.6. The first-order valence-electron chi connectivity index (χ1n) is 9.04. The molecule has 1 N–H and O–H groups in total. The van der Waals surface area contributed by atoms with Gasteiger partial charge >= 0.3 is 0 Å². The van der Waals surface area contributed by atoms with Gasteiger partial charge in [-0.25, -0.2) is 8.42 Å². The third-order valence-electron chi connectivity index (χ3n) is 4.64. The SMILES string of the molecule is CC[C@H](NC(=O)CN(C)S(=O)(=O)c1ccc(C)cc1)c1ccc(C)cc1C. The summed E-state index contributed by atoms with van der Waals surface area (Å²) in [7, 11) is -2.28. The summed E-state index contributed by atoms with van der Waals surface area (Å²) in [5.41, 5.74) is 4.32. The topological polar surface area (TPSA) is 66.5 Å². The second kappa shape index (κ2) is 8.67. The van der Waals surface area contributed by atoms with Crippen molar-refractivity contribution in [2.24, 2.45) is 0 Å². The summed E-state index contributed by atoms with van der Waals surface area (Å²) in [4.78, 5) is 12.7. The zero-order chi connectivity index (χ0) is 20.2. The summed E-state index contributed by atoms with van der Waals surface area (Å²) in [6, 6.07) is 12.6. The lowest BCUT2D eigenvalue weighted by atomic mass is 9.97. The van der Waals surface area contributed by atoms with E-state index in [0.717, 1.165) is 27.4 Å². The number of likely N-dealkylation sites (N-methyl/N-ethyl adjacent to an activating group) is 1. The molecule has 0 aliphatic heterocycles. The highest BCUT2D eigenvalue weighted by Gasteiger charge is 2.24. The van der Waals surface area contributed by atoms with Crippen molar-refractivity contribution in [1.29, 1.82) is 0 Å². The number of aryl methyl sites for hydroxylation is 3. The molecule has 2 aromatic rings. The highest BCUT2D eigenvalue weighted by Crippen LogP contribution is 2.22. The molecule has 5 nitrogen and oxygen atoms in total. The van der Waals surface area contributed by atoms with Gasteiger partial charge in [0.15, 0.2) is 0 Å². The lowest BCUT2D eigenvalue weighted by Gasteiger charge is -2.22. The van der Waals surface area contributed by atoms with Gasteiger partial charge in [-0.3, -0.25) is 4.79 Å². The molecule has 0 aliphatic carbocycles. The molecule has 0 bridgehead atoms. The quantitative estimate of drug-likeness (QED) is 0.789. The number of hydrogen-bond acceptors (Lipinski definition) is 3. The number of carbonyl (C=O) groups is 1. The Hall–Kier alpha value is -2.18. The molecule has 0 saturated carbocycles. The first kappa shape index (κ1) is 21.1. The van der Waals surface area contributed by atoms with E-state index in [1.165, 1.54) is 12.6 Å². The number of benzene rings is 2. The van der Waals surface area contributed by atoms with Crippen LogP contribution >= 0.6 is 0 Å².